The highest BCUT2D eigenvalue weighted by Gasteiger charge is 2.22. The van der Waals surface area contributed by atoms with Gasteiger partial charge in [-0.2, -0.15) is 0 Å². The maximum Gasteiger partial charge on any atom is 0.0547 e. The molecular formula is C13H27NO. The van der Waals surface area contributed by atoms with Crippen LogP contribution < -0.4 is 5.32 Å². The molecule has 0 spiro atoms. The van der Waals surface area contributed by atoms with E-state index in [1.54, 1.807) is 0 Å². The average Bonchev–Trinajstić information content (AvgIpc) is 2.91. The van der Waals surface area contributed by atoms with Gasteiger partial charge in [0.1, 0.15) is 0 Å². The first-order chi connectivity index (χ1) is 6.97. The van der Waals surface area contributed by atoms with Crippen LogP contribution in [0.5, 0.6) is 0 Å². The highest BCUT2D eigenvalue weighted by Crippen LogP contribution is 2.29. The smallest absolute Gasteiger partial charge is 0.0547 e. The minimum atomic E-state index is 0.248. The number of hydrogen-bond acceptors (Lipinski definition) is 2. The summed E-state index contributed by atoms with van der Waals surface area (Å²) in [6, 6.07) is 0. The number of ether oxygens (including phenoxy) is 1. The van der Waals surface area contributed by atoms with E-state index in [1.165, 1.54) is 25.7 Å². The van der Waals surface area contributed by atoms with E-state index in [4.69, 9.17) is 4.74 Å². The van der Waals surface area contributed by atoms with E-state index in [-0.39, 0.29) is 5.54 Å². The molecule has 1 N–H and O–H groups in total. The molecule has 1 unspecified atom stereocenters. The first-order valence-electron chi connectivity index (χ1n) is 6.34. The lowest BCUT2D eigenvalue weighted by Gasteiger charge is -2.21. The molecular weight excluding hydrogens is 186 g/mol. The van der Waals surface area contributed by atoms with Gasteiger partial charge in [-0.05, 0) is 65.8 Å². The van der Waals surface area contributed by atoms with Gasteiger partial charge < -0.3 is 10.1 Å². The van der Waals surface area contributed by atoms with Gasteiger partial charge in [-0.25, -0.2) is 0 Å². The van der Waals surface area contributed by atoms with Crippen LogP contribution >= 0.6 is 0 Å². The Balaban J connectivity index is 1.89. The predicted molar refractivity (Wildman–Crippen MR) is 65.1 cm³/mol. The summed E-state index contributed by atoms with van der Waals surface area (Å²) < 4.78 is 5.77. The lowest BCUT2D eigenvalue weighted by Crippen LogP contribution is -2.36. The summed E-state index contributed by atoms with van der Waals surface area (Å²) in [4.78, 5) is 0. The summed E-state index contributed by atoms with van der Waals surface area (Å²) in [5.41, 5.74) is 0.248. The van der Waals surface area contributed by atoms with E-state index in [0.29, 0.717) is 6.10 Å². The van der Waals surface area contributed by atoms with Gasteiger partial charge >= 0.3 is 0 Å². The van der Waals surface area contributed by atoms with Crippen LogP contribution in [0.4, 0.5) is 0 Å². The molecule has 1 aliphatic carbocycles. The zero-order chi connectivity index (χ0) is 11.3. The monoisotopic (exact) mass is 213 g/mol. The van der Waals surface area contributed by atoms with Gasteiger partial charge in [0.05, 0.1) is 6.10 Å². The second kappa shape index (κ2) is 5.86. The molecule has 15 heavy (non-hydrogen) atoms. The van der Waals surface area contributed by atoms with Gasteiger partial charge in [-0.1, -0.05) is 0 Å². The first-order valence-corrected chi connectivity index (χ1v) is 6.34. The van der Waals surface area contributed by atoms with E-state index < -0.39 is 0 Å². The Morgan fingerprint density at radius 3 is 2.53 bits per heavy atom. The van der Waals surface area contributed by atoms with Crippen molar-refractivity contribution >= 4 is 0 Å². The molecule has 1 rings (SSSR count). The van der Waals surface area contributed by atoms with Crippen molar-refractivity contribution in [1.29, 1.82) is 0 Å². The normalized spacial score (nSPS) is 19.2. The second-order valence-electron chi connectivity index (χ2n) is 5.91. The predicted octanol–water partition coefficient (Wildman–Crippen LogP) is 2.97. The van der Waals surface area contributed by atoms with Crippen LogP contribution in [-0.2, 0) is 4.74 Å². The molecule has 2 nitrogen and oxygen atoms in total. The number of rotatable bonds is 7. The van der Waals surface area contributed by atoms with Crippen LogP contribution in [0.15, 0.2) is 0 Å². The standard InChI is InChI=1S/C13H27NO/c1-11(15-10-12-7-8-12)6-5-9-14-13(2,3)4/h11-12,14H,5-10H2,1-4H3. The van der Waals surface area contributed by atoms with Crippen molar-refractivity contribution in [1.82, 2.24) is 5.32 Å². The molecule has 0 saturated heterocycles. The zero-order valence-electron chi connectivity index (χ0n) is 10.8. The Kier molecular flexibility index (Phi) is 5.07. The minimum Gasteiger partial charge on any atom is -0.378 e. The van der Waals surface area contributed by atoms with Crippen molar-refractivity contribution in [3.8, 4) is 0 Å². The topological polar surface area (TPSA) is 21.3 Å². The molecule has 0 aromatic rings. The SMILES string of the molecule is CC(CCCNC(C)(C)C)OCC1CC1. The highest BCUT2D eigenvalue weighted by molar-refractivity contribution is 4.73. The quantitative estimate of drug-likeness (QED) is 0.656. The molecule has 0 amide bonds. The first kappa shape index (κ1) is 13.0. The zero-order valence-corrected chi connectivity index (χ0v) is 10.8. The summed E-state index contributed by atoms with van der Waals surface area (Å²) in [7, 11) is 0. The van der Waals surface area contributed by atoms with Crippen LogP contribution in [0, 0.1) is 5.92 Å². The van der Waals surface area contributed by atoms with E-state index in [1.807, 2.05) is 0 Å². The molecule has 0 aliphatic heterocycles. The van der Waals surface area contributed by atoms with Crippen molar-refractivity contribution in [3.63, 3.8) is 0 Å². The van der Waals surface area contributed by atoms with Crippen molar-refractivity contribution in [2.75, 3.05) is 13.2 Å². The fourth-order valence-electron chi connectivity index (χ4n) is 1.52. The molecule has 0 radical (unpaired) electrons. The number of nitrogens with one attached hydrogen (secondary N) is 1. The maximum atomic E-state index is 5.77. The molecule has 1 atom stereocenters. The Morgan fingerprint density at radius 1 is 1.33 bits per heavy atom. The van der Waals surface area contributed by atoms with Gasteiger partial charge in [0.15, 0.2) is 0 Å². The molecule has 90 valence electrons. The van der Waals surface area contributed by atoms with Crippen LogP contribution in [-0.4, -0.2) is 24.8 Å². The van der Waals surface area contributed by atoms with Crippen LogP contribution in [0.3, 0.4) is 0 Å². The van der Waals surface area contributed by atoms with E-state index >= 15 is 0 Å². The summed E-state index contributed by atoms with van der Waals surface area (Å²) >= 11 is 0. The van der Waals surface area contributed by atoms with Crippen molar-refractivity contribution < 1.29 is 4.74 Å². The summed E-state index contributed by atoms with van der Waals surface area (Å²) in [6.45, 7) is 10.9. The third-order valence-electron chi connectivity index (χ3n) is 2.76. The van der Waals surface area contributed by atoms with Crippen LogP contribution in [0.2, 0.25) is 0 Å². The summed E-state index contributed by atoms with van der Waals surface area (Å²) in [5, 5.41) is 3.50. The fraction of sp³-hybridized carbons (Fsp3) is 1.00. The lowest BCUT2D eigenvalue weighted by molar-refractivity contribution is 0.0513. The molecule has 2 heteroatoms. The van der Waals surface area contributed by atoms with Crippen molar-refractivity contribution in [3.05, 3.63) is 0 Å². The lowest BCUT2D eigenvalue weighted by atomic mass is 10.1. The summed E-state index contributed by atoms with van der Waals surface area (Å²) in [6.07, 6.45) is 5.60. The maximum absolute atomic E-state index is 5.77. The second-order valence-corrected chi connectivity index (χ2v) is 5.91. The molecule has 0 heterocycles. The van der Waals surface area contributed by atoms with Gasteiger partial charge in [0.25, 0.3) is 0 Å². The average molecular weight is 213 g/mol. The Labute approximate surface area is 94.8 Å². The molecule has 0 bridgehead atoms. The number of hydrogen-bond donors (Lipinski definition) is 1. The molecule has 1 fully saturated rings. The summed E-state index contributed by atoms with van der Waals surface area (Å²) in [5.74, 6) is 0.889. The Bertz CT molecular complexity index is 170. The van der Waals surface area contributed by atoms with Crippen LogP contribution in [0.25, 0.3) is 0 Å². The highest BCUT2D eigenvalue weighted by atomic mass is 16.5. The third kappa shape index (κ3) is 7.80. The molecule has 1 saturated carbocycles. The van der Waals surface area contributed by atoms with Crippen LogP contribution in [0.1, 0.15) is 53.4 Å². The van der Waals surface area contributed by atoms with Crippen molar-refractivity contribution in [2.45, 2.75) is 65.0 Å². The molecule has 0 aromatic heterocycles. The van der Waals surface area contributed by atoms with Gasteiger partial charge in [-0.15, -0.1) is 0 Å². The van der Waals surface area contributed by atoms with Gasteiger partial charge in [0.2, 0.25) is 0 Å². The Morgan fingerprint density at radius 2 is 2.00 bits per heavy atom. The largest absolute Gasteiger partial charge is 0.378 e. The van der Waals surface area contributed by atoms with E-state index in [2.05, 4.69) is 33.0 Å². The molecule has 0 aromatic carbocycles. The fourth-order valence-corrected chi connectivity index (χ4v) is 1.52. The Hall–Kier alpha value is -0.0800. The molecule has 1 aliphatic rings. The van der Waals surface area contributed by atoms with Gasteiger partial charge in [-0.3, -0.25) is 0 Å². The van der Waals surface area contributed by atoms with Gasteiger partial charge in [0, 0.05) is 12.1 Å². The van der Waals surface area contributed by atoms with E-state index in [0.717, 1.165) is 19.1 Å². The van der Waals surface area contributed by atoms with Crippen molar-refractivity contribution in [2.24, 2.45) is 5.92 Å². The van der Waals surface area contributed by atoms with E-state index in [9.17, 15) is 0 Å². The third-order valence-corrected chi connectivity index (χ3v) is 2.76. The minimum absolute atomic E-state index is 0.248.